The number of para-hydroxylation sites is 1. The Morgan fingerprint density at radius 2 is 2.29 bits per heavy atom. The van der Waals surface area contributed by atoms with Gasteiger partial charge >= 0.3 is 0 Å². The van der Waals surface area contributed by atoms with E-state index in [1.807, 2.05) is 6.20 Å². The monoisotopic (exact) mass is 264 g/mol. The Balaban J connectivity index is 1.88. The quantitative estimate of drug-likeness (QED) is 0.821. The van der Waals surface area contributed by atoms with Gasteiger partial charge in [-0.1, -0.05) is 29.8 Å². The van der Waals surface area contributed by atoms with E-state index in [0.717, 1.165) is 13.0 Å². The lowest BCUT2D eigenvalue weighted by Gasteiger charge is -2.23. The van der Waals surface area contributed by atoms with Crippen molar-refractivity contribution in [2.75, 3.05) is 4.90 Å². The first-order valence-corrected chi connectivity index (χ1v) is 6.88. The van der Waals surface area contributed by atoms with Crippen molar-refractivity contribution in [3.8, 4) is 0 Å². The Morgan fingerprint density at radius 3 is 3.06 bits per heavy atom. The summed E-state index contributed by atoms with van der Waals surface area (Å²) in [6, 6.07) is 9.17. The van der Waals surface area contributed by atoms with E-state index in [1.165, 1.54) is 16.1 Å². The normalized spacial score (nSPS) is 18.5. The van der Waals surface area contributed by atoms with Crippen LogP contribution in [0.15, 0.2) is 30.5 Å². The number of thiazole rings is 1. The van der Waals surface area contributed by atoms with Gasteiger partial charge in [0.05, 0.1) is 6.54 Å². The summed E-state index contributed by atoms with van der Waals surface area (Å²) in [5.41, 5.74) is 2.79. The van der Waals surface area contributed by atoms with Crippen LogP contribution in [0.3, 0.4) is 0 Å². The van der Waals surface area contributed by atoms with Gasteiger partial charge in [0.1, 0.15) is 0 Å². The molecule has 2 nitrogen and oxygen atoms in total. The molecule has 4 heteroatoms. The van der Waals surface area contributed by atoms with Gasteiger partial charge < -0.3 is 4.90 Å². The molecule has 1 aliphatic heterocycles. The molecule has 0 bridgehead atoms. The first-order chi connectivity index (χ1) is 8.24. The fourth-order valence-corrected chi connectivity index (χ4v) is 3.37. The Bertz CT molecular complexity index is 538. The minimum Gasteiger partial charge on any atom is -0.363 e. The molecule has 0 N–H and O–H groups in total. The van der Waals surface area contributed by atoms with Gasteiger partial charge in [-0.15, -0.1) is 11.3 Å². The van der Waals surface area contributed by atoms with Gasteiger partial charge in [0.25, 0.3) is 0 Å². The number of fused-ring (bicyclic) bond motifs is 1. The first-order valence-electron chi connectivity index (χ1n) is 5.69. The van der Waals surface area contributed by atoms with E-state index in [1.54, 1.807) is 11.3 Å². The van der Waals surface area contributed by atoms with Gasteiger partial charge in [-0.3, -0.25) is 0 Å². The maximum Gasteiger partial charge on any atom is 0.183 e. The Kier molecular flexibility index (Phi) is 2.81. The molecule has 0 saturated heterocycles. The van der Waals surface area contributed by atoms with Crippen LogP contribution in [0.2, 0.25) is 4.47 Å². The molecule has 1 aromatic carbocycles. The second-order valence-corrected chi connectivity index (χ2v) is 6.09. The standard InChI is InChI=1S/C13H13ClN2S/c1-9-6-10-4-2-3-5-12(10)16(9)8-11-7-15-13(14)17-11/h2-5,7,9H,6,8H2,1H3. The van der Waals surface area contributed by atoms with Crippen LogP contribution in [-0.4, -0.2) is 11.0 Å². The molecule has 0 saturated carbocycles. The summed E-state index contributed by atoms with van der Waals surface area (Å²) < 4.78 is 0.625. The number of halogens is 1. The summed E-state index contributed by atoms with van der Waals surface area (Å²) in [6.45, 7) is 3.17. The summed E-state index contributed by atoms with van der Waals surface area (Å²) in [7, 11) is 0. The van der Waals surface area contributed by atoms with Crippen molar-refractivity contribution in [1.82, 2.24) is 4.98 Å². The van der Waals surface area contributed by atoms with Crippen LogP contribution in [0.5, 0.6) is 0 Å². The molecule has 1 aliphatic rings. The highest BCUT2D eigenvalue weighted by atomic mass is 35.5. The lowest BCUT2D eigenvalue weighted by molar-refractivity contribution is 0.676. The van der Waals surface area contributed by atoms with Gasteiger partial charge in [0.2, 0.25) is 0 Å². The van der Waals surface area contributed by atoms with Gasteiger partial charge in [-0.2, -0.15) is 0 Å². The van der Waals surface area contributed by atoms with Crippen LogP contribution in [0.1, 0.15) is 17.4 Å². The average Bonchev–Trinajstić information content (AvgIpc) is 2.85. The summed E-state index contributed by atoms with van der Waals surface area (Å²) in [5.74, 6) is 0. The molecule has 88 valence electrons. The smallest absolute Gasteiger partial charge is 0.183 e. The highest BCUT2D eigenvalue weighted by Crippen LogP contribution is 2.34. The topological polar surface area (TPSA) is 16.1 Å². The molecule has 2 aromatic rings. The highest BCUT2D eigenvalue weighted by Gasteiger charge is 2.25. The van der Waals surface area contributed by atoms with Crippen molar-refractivity contribution >= 4 is 28.6 Å². The van der Waals surface area contributed by atoms with Crippen molar-refractivity contribution in [3.63, 3.8) is 0 Å². The van der Waals surface area contributed by atoms with Crippen LogP contribution < -0.4 is 4.90 Å². The largest absolute Gasteiger partial charge is 0.363 e. The predicted octanol–water partition coefficient (Wildman–Crippen LogP) is 3.75. The zero-order valence-electron chi connectivity index (χ0n) is 9.56. The Hall–Kier alpha value is -1.06. The first kappa shape index (κ1) is 11.1. The van der Waals surface area contributed by atoms with Crippen LogP contribution in [0, 0.1) is 0 Å². The summed E-state index contributed by atoms with van der Waals surface area (Å²) in [4.78, 5) is 7.75. The maximum absolute atomic E-state index is 5.87. The van der Waals surface area contributed by atoms with Crippen molar-refractivity contribution in [2.24, 2.45) is 0 Å². The fourth-order valence-electron chi connectivity index (χ4n) is 2.40. The SMILES string of the molecule is CC1Cc2ccccc2N1Cc1cnc(Cl)s1. The number of anilines is 1. The number of hydrogen-bond acceptors (Lipinski definition) is 3. The number of benzene rings is 1. The van der Waals surface area contributed by atoms with E-state index in [9.17, 15) is 0 Å². The number of aromatic nitrogens is 1. The van der Waals surface area contributed by atoms with Crippen LogP contribution in [-0.2, 0) is 13.0 Å². The second kappa shape index (κ2) is 4.31. The molecule has 0 radical (unpaired) electrons. The molecule has 17 heavy (non-hydrogen) atoms. The van der Waals surface area contributed by atoms with Crippen LogP contribution >= 0.6 is 22.9 Å². The molecule has 2 heterocycles. The van der Waals surface area contributed by atoms with Crippen LogP contribution in [0.25, 0.3) is 0 Å². The average molecular weight is 265 g/mol. The van der Waals surface area contributed by atoms with E-state index < -0.39 is 0 Å². The predicted molar refractivity (Wildman–Crippen MR) is 72.9 cm³/mol. The van der Waals surface area contributed by atoms with Gasteiger partial charge in [-0.25, -0.2) is 4.98 Å². The van der Waals surface area contributed by atoms with Crippen molar-refractivity contribution in [2.45, 2.75) is 25.9 Å². The Labute approximate surface area is 110 Å². The minimum atomic E-state index is 0.549. The summed E-state index contributed by atoms with van der Waals surface area (Å²) in [6.07, 6.45) is 3.00. The third-order valence-electron chi connectivity index (χ3n) is 3.20. The highest BCUT2D eigenvalue weighted by molar-refractivity contribution is 7.15. The molecule has 0 aliphatic carbocycles. The fraction of sp³-hybridized carbons (Fsp3) is 0.308. The molecular weight excluding hydrogens is 252 g/mol. The van der Waals surface area contributed by atoms with Gasteiger partial charge in [-0.05, 0) is 25.0 Å². The zero-order valence-corrected chi connectivity index (χ0v) is 11.1. The van der Waals surface area contributed by atoms with E-state index in [0.29, 0.717) is 10.5 Å². The lowest BCUT2D eigenvalue weighted by atomic mass is 10.1. The van der Waals surface area contributed by atoms with Crippen molar-refractivity contribution < 1.29 is 0 Å². The summed E-state index contributed by atoms with van der Waals surface area (Å²) >= 11 is 7.44. The third kappa shape index (κ3) is 2.05. The summed E-state index contributed by atoms with van der Waals surface area (Å²) in [5, 5.41) is 0. The van der Waals surface area contributed by atoms with E-state index >= 15 is 0 Å². The van der Waals surface area contributed by atoms with Gasteiger partial charge in [0.15, 0.2) is 4.47 Å². The molecular formula is C13H13ClN2S. The second-order valence-electron chi connectivity index (χ2n) is 4.39. The van der Waals surface area contributed by atoms with E-state index in [-0.39, 0.29) is 0 Å². The van der Waals surface area contributed by atoms with Crippen LogP contribution in [0.4, 0.5) is 5.69 Å². The third-order valence-corrected chi connectivity index (χ3v) is 4.30. The van der Waals surface area contributed by atoms with Crippen molar-refractivity contribution in [1.29, 1.82) is 0 Å². The van der Waals surface area contributed by atoms with Gasteiger partial charge in [0, 0.05) is 22.8 Å². The lowest BCUT2D eigenvalue weighted by Crippen LogP contribution is -2.28. The molecule has 0 spiro atoms. The zero-order chi connectivity index (χ0) is 11.8. The number of nitrogens with zero attached hydrogens (tertiary/aromatic N) is 2. The van der Waals surface area contributed by atoms with E-state index in [4.69, 9.17) is 11.6 Å². The molecule has 1 aromatic heterocycles. The molecule has 3 rings (SSSR count). The number of hydrogen-bond donors (Lipinski definition) is 0. The maximum atomic E-state index is 5.87. The molecule has 0 amide bonds. The van der Waals surface area contributed by atoms with E-state index in [2.05, 4.69) is 41.1 Å². The Morgan fingerprint density at radius 1 is 1.47 bits per heavy atom. The minimum absolute atomic E-state index is 0.549. The number of rotatable bonds is 2. The molecule has 1 unspecified atom stereocenters. The molecule has 1 atom stereocenters. The molecule has 0 fully saturated rings. The van der Waals surface area contributed by atoms with Crippen molar-refractivity contribution in [3.05, 3.63) is 45.4 Å².